The Morgan fingerprint density at radius 3 is 2.33 bits per heavy atom. The number of nitrogens with zero attached hydrogens (tertiary/aromatic N) is 1. The van der Waals surface area contributed by atoms with E-state index in [1.807, 2.05) is 36.4 Å². The number of carboxylic acid groups (broad SMARTS) is 1. The molecule has 0 aliphatic carbocycles. The number of rotatable bonds is 7. The normalized spacial score (nSPS) is 17.6. The van der Waals surface area contributed by atoms with Crippen LogP contribution in [-0.4, -0.2) is 34.3 Å². The lowest BCUT2D eigenvalue weighted by Crippen LogP contribution is -2.36. The number of hydrogen-bond donors (Lipinski definition) is 2. The number of aliphatic carboxylic acids is 1. The first-order valence-corrected chi connectivity index (χ1v) is 8.91. The zero-order valence-corrected chi connectivity index (χ0v) is 14.9. The zero-order valence-electron chi connectivity index (χ0n) is 14.9. The van der Waals surface area contributed by atoms with Gasteiger partial charge in [0.1, 0.15) is 0 Å². The van der Waals surface area contributed by atoms with Crippen LogP contribution in [0.4, 0.5) is 0 Å². The van der Waals surface area contributed by atoms with E-state index in [9.17, 15) is 14.4 Å². The molecule has 2 aromatic rings. The third kappa shape index (κ3) is 4.94. The summed E-state index contributed by atoms with van der Waals surface area (Å²) in [5.41, 5.74) is 1.75. The van der Waals surface area contributed by atoms with Crippen LogP contribution in [0.15, 0.2) is 60.7 Å². The molecule has 0 aromatic heterocycles. The minimum Gasteiger partial charge on any atom is -0.481 e. The minimum absolute atomic E-state index is 0.0616. The summed E-state index contributed by atoms with van der Waals surface area (Å²) >= 11 is 0. The average Bonchev–Trinajstić information content (AvgIpc) is 3.03. The highest BCUT2D eigenvalue weighted by Crippen LogP contribution is 2.23. The van der Waals surface area contributed by atoms with Gasteiger partial charge in [0.05, 0.1) is 18.4 Å². The monoisotopic (exact) mass is 366 g/mol. The molecule has 1 aliphatic heterocycles. The van der Waals surface area contributed by atoms with Gasteiger partial charge >= 0.3 is 5.97 Å². The van der Waals surface area contributed by atoms with Gasteiger partial charge in [-0.3, -0.25) is 14.4 Å². The molecule has 0 spiro atoms. The highest BCUT2D eigenvalue weighted by Gasteiger charge is 2.35. The van der Waals surface area contributed by atoms with Gasteiger partial charge in [0.2, 0.25) is 11.8 Å². The van der Waals surface area contributed by atoms with Gasteiger partial charge in [-0.15, -0.1) is 0 Å². The van der Waals surface area contributed by atoms with Gasteiger partial charge in [-0.25, -0.2) is 0 Å². The van der Waals surface area contributed by atoms with Crippen molar-refractivity contribution in [2.24, 2.45) is 5.92 Å². The summed E-state index contributed by atoms with van der Waals surface area (Å²) < 4.78 is 0. The van der Waals surface area contributed by atoms with Crippen molar-refractivity contribution < 1.29 is 19.5 Å². The Bertz CT molecular complexity index is 807. The van der Waals surface area contributed by atoms with E-state index in [-0.39, 0.29) is 24.7 Å². The molecule has 3 rings (SSSR count). The molecule has 1 saturated heterocycles. The fourth-order valence-electron chi connectivity index (χ4n) is 3.31. The van der Waals surface area contributed by atoms with Crippen molar-refractivity contribution in [2.45, 2.75) is 25.4 Å². The number of carbonyl (C=O) groups excluding carboxylic acids is 2. The van der Waals surface area contributed by atoms with Gasteiger partial charge in [-0.05, 0) is 11.1 Å². The van der Waals surface area contributed by atoms with Crippen molar-refractivity contribution in [3.05, 3.63) is 71.8 Å². The predicted octanol–water partition coefficient (Wildman–Crippen LogP) is 2.37. The molecule has 6 nitrogen and oxygen atoms in total. The van der Waals surface area contributed by atoms with Crippen LogP contribution in [0.25, 0.3) is 0 Å². The fraction of sp³-hybridized carbons (Fsp3) is 0.286. The summed E-state index contributed by atoms with van der Waals surface area (Å²) in [6.07, 6.45) is -0.0581. The number of nitrogens with one attached hydrogen (secondary N) is 1. The van der Waals surface area contributed by atoms with Crippen LogP contribution in [-0.2, 0) is 20.9 Å². The zero-order chi connectivity index (χ0) is 19.2. The SMILES string of the molecule is O=C(O)C[C@H](NC(=O)[C@@H]1CC(=O)N(Cc2ccccc2)C1)c1ccccc1. The molecule has 6 heteroatoms. The Labute approximate surface area is 157 Å². The lowest BCUT2D eigenvalue weighted by molar-refractivity contribution is -0.138. The molecule has 0 bridgehead atoms. The van der Waals surface area contributed by atoms with Crippen molar-refractivity contribution in [1.82, 2.24) is 10.2 Å². The Hall–Kier alpha value is -3.15. The maximum atomic E-state index is 12.7. The van der Waals surface area contributed by atoms with Crippen LogP contribution < -0.4 is 5.32 Å². The first kappa shape index (κ1) is 18.6. The molecule has 2 aromatic carbocycles. The van der Waals surface area contributed by atoms with Crippen LogP contribution in [0, 0.1) is 5.92 Å². The number of amides is 2. The molecule has 2 atom stereocenters. The van der Waals surface area contributed by atoms with E-state index in [4.69, 9.17) is 5.11 Å². The fourth-order valence-corrected chi connectivity index (χ4v) is 3.31. The standard InChI is InChI=1S/C21H22N2O4/c24-19-11-17(14-23(19)13-15-7-3-1-4-8-15)21(27)22-18(12-20(25)26)16-9-5-2-6-10-16/h1-10,17-18H,11-14H2,(H,22,27)(H,25,26)/t17-,18+/m1/s1. The number of carbonyl (C=O) groups is 3. The van der Waals surface area contributed by atoms with Gasteiger partial charge in [0.25, 0.3) is 0 Å². The number of likely N-dealkylation sites (tertiary alicyclic amines) is 1. The Morgan fingerprint density at radius 2 is 1.70 bits per heavy atom. The number of carboxylic acids is 1. The van der Waals surface area contributed by atoms with Gasteiger partial charge in [-0.2, -0.15) is 0 Å². The number of benzene rings is 2. The first-order chi connectivity index (χ1) is 13.0. The van der Waals surface area contributed by atoms with Crippen molar-refractivity contribution >= 4 is 17.8 Å². The van der Waals surface area contributed by atoms with E-state index in [0.29, 0.717) is 13.1 Å². The second-order valence-electron chi connectivity index (χ2n) is 6.73. The van der Waals surface area contributed by atoms with E-state index in [1.54, 1.807) is 29.2 Å². The summed E-state index contributed by atoms with van der Waals surface area (Å²) in [7, 11) is 0. The minimum atomic E-state index is -0.989. The van der Waals surface area contributed by atoms with Crippen molar-refractivity contribution in [1.29, 1.82) is 0 Å². The second kappa shape index (κ2) is 8.49. The smallest absolute Gasteiger partial charge is 0.305 e. The highest BCUT2D eigenvalue weighted by molar-refractivity contribution is 5.89. The highest BCUT2D eigenvalue weighted by atomic mass is 16.4. The molecule has 27 heavy (non-hydrogen) atoms. The van der Waals surface area contributed by atoms with Gasteiger partial charge in [0.15, 0.2) is 0 Å². The maximum Gasteiger partial charge on any atom is 0.305 e. The molecular weight excluding hydrogens is 344 g/mol. The number of hydrogen-bond acceptors (Lipinski definition) is 3. The molecule has 2 N–H and O–H groups in total. The maximum absolute atomic E-state index is 12.7. The molecule has 2 amide bonds. The molecule has 1 fully saturated rings. The molecule has 0 radical (unpaired) electrons. The third-order valence-corrected chi connectivity index (χ3v) is 4.70. The van der Waals surface area contributed by atoms with Crippen molar-refractivity contribution in [3.8, 4) is 0 Å². The van der Waals surface area contributed by atoms with Gasteiger partial charge < -0.3 is 15.3 Å². The summed E-state index contributed by atoms with van der Waals surface area (Å²) in [6, 6.07) is 18.0. The third-order valence-electron chi connectivity index (χ3n) is 4.70. The van der Waals surface area contributed by atoms with E-state index >= 15 is 0 Å². The van der Waals surface area contributed by atoms with E-state index in [1.165, 1.54) is 0 Å². The van der Waals surface area contributed by atoms with E-state index < -0.39 is 17.9 Å². The second-order valence-corrected chi connectivity index (χ2v) is 6.73. The first-order valence-electron chi connectivity index (χ1n) is 8.91. The average molecular weight is 366 g/mol. The Kier molecular flexibility index (Phi) is 5.86. The van der Waals surface area contributed by atoms with E-state index in [2.05, 4.69) is 5.32 Å². The van der Waals surface area contributed by atoms with Crippen molar-refractivity contribution in [3.63, 3.8) is 0 Å². The van der Waals surface area contributed by atoms with Gasteiger partial charge in [0, 0.05) is 19.5 Å². The molecule has 140 valence electrons. The summed E-state index contributed by atoms with van der Waals surface area (Å²) in [5, 5.41) is 12.0. The lowest BCUT2D eigenvalue weighted by atomic mass is 10.0. The van der Waals surface area contributed by atoms with Crippen LogP contribution in [0.5, 0.6) is 0 Å². The summed E-state index contributed by atoms with van der Waals surface area (Å²) in [6.45, 7) is 0.814. The molecule has 1 heterocycles. The van der Waals surface area contributed by atoms with Crippen LogP contribution >= 0.6 is 0 Å². The molecule has 0 saturated carbocycles. The van der Waals surface area contributed by atoms with Gasteiger partial charge in [-0.1, -0.05) is 60.7 Å². The predicted molar refractivity (Wildman–Crippen MR) is 99.5 cm³/mol. The Balaban J connectivity index is 1.64. The Morgan fingerprint density at radius 1 is 1.07 bits per heavy atom. The lowest BCUT2D eigenvalue weighted by Gasteiger charge is -2.20. The quantitative estimate of drug-likeness (QED) is 0.788. The molecule has 0 unspecified atom stereocenters. The van der Waals surface area contributed by atoms with E-state index in [0.717, 1.165) is 11.1 Å². The van der Waals surface area contributed by atoms with Crippen LogP contribution in [0.2, 0.25) is 0 Å². The molecular formula is C21H22N2O4. The van der Waals surface area contributed by atoms with Crippen LogP contribution in [0.1, 0.15) is 30.0 Å². The van der Waals surface area contributed by atoms with Crippen LogP contribution in [0.3, 0.4) is 0 Å². The summed E-state index contributed by atoms with van der Waals surface area (Å²) in [4.78, 5) is 37.8. The largest absolute Gasteiger partial charge is 0.481 e. The topological polar surface area (TPSA) is 86.7 Å². The molecule has 1 aliphatic rings. The summed E-state index contributed by atoms with van der Waals surface area (Å²) in [5.74, 6) is -1.80. The van der Waals surface area contributed by atoms with Crippen molar-refractivity contribution in [2.75, 3.05) is 6.54 Å².